The molecule has 1 amide bonds. The first-order valence-corrected chi connectivity index (χ1v) is 9.01. The van der Waals surface area contributed by atoms with E-state index in [1.807, 2.05) is 49.1 Å². The fraction of sp³-hybridized carbons (Fsp3) is 0.333. The van der Waals surface area contributed by atoms with Crippen LogP contribution in [0.1, 0.15) is 16.7 Å². The molecular formula is C21H23N3O2. The molecule has 0 saturated carbocycles. The van der Waals surface area contributed by atoms with Crippen molar-refractivity contribution in [2.24, 2.45) is 4.99 Å². The molecule has 2 aromatic carbocycles. The number of hydrogen-bond donors (Lipinski definition) is 0. The van der Waals surface area contributed by atoms with Gasteiger partial charge in [0.05, 0.1) is 31.3 Å². The molecule has 2 aliphatic rings. The first-order chi connectivity index (χ1) is 12.6. The van der Waals surface area contributed by atoms with Crippen LogP contribution < -0.4 is 4.90 Å². The summed E-state index contributed by atoms with van der Waals surface area (Å²) in [5.41, 5.74) is 5.43. The van der Waals surface area contributed by atoms with Crippen LogP contribution in [0.2, 0.25) is 0 Å². The van der Waals surface area contributed by atoms with Gasteiger partial charge in [0, 0.05) is 18.7 Å². The summed E-state index contributed by atoms with van der Waals surface area (Å²) >= 11 is 0. The highest BCUT2D eigenvalue weighted by Crippen LogP contribution is 2.32. The minimum absolute atomic E-state index is 0.0275. The summed E-state index contributed by atoms with van der Waals surface area (Å²) in [6.07, 6.45) is 0. The van der Waals surface area contributed by atoms with Crippen molar-refractivity contribution in [3.05, 3.63) is 59.2 Å². The number of carbonyl (C=O) groups is 1. The predicted molar refractivity (Wildman–Crippen MR) is 103 cm³/mol. The number of nitrogens with zero attached hydrogens (tertiary/aromatic N) is 3. The SMILES string of the molecule is Cc1ccc2c(c1)C(=Nc1ccccc1C)C(=O)N2CN1CCOCC1. The molecular weight excluding hydrogens is 326 g/mol. The molecule has 0 spiro atoms. The molecule has 134 valence electrons. The van der Waals surface area contributed by atoms with E-state index in [4.69, 9.17) is 9.73 Å². The Bertz CT molecular complexity index is 869. The number of aryl methyl sites for hydroxylation is 2. The average molecular weight is 349 g/mol. The number of para-hydroxylation sites is 1. The molecule has 2 aromatic rings. The maximum atomic E-state index is 13.2. The topological polar surface area (TPSA) is 45.1 Å². The van der Waals surface area contributed by atoms with E-state index in [2.05, 4.69) is 17.0 Å². The Hall–Kier alpha value is -2.50. The summed E-state index contributed by atoms with van der Waals surface area (Å²) in [5, 5.41) is 0. The predicted octanol–water partition coefficient (Wildman–Crippen LogP) is 3.06. The van der Waals surface area contributed by atoms with Gasteiger partial charge in [-0.1, -0.05) is 29.8 Å². The number of benzene rings is 2. The molecule has 1 fully saturated rings. The van der Waals surface area contributed by atoms with E-state index in [1.54, 1.807) is 0 Å². The molecule has 4 rings (SSSR count). The zero-order chi connectivity index (χ0) is 18.1. The normalized spacial score (nSPS) is 19.2. The number of anilines is 1. The van der Waals surface area contributed by atoms with Crippen LogP contribution in [0.5, 0.6) is 0 Å². The van der Waals surface area contributed by atoms with Crippen molar-refractivity contribution < 1.29 is 9.53 Å². The first-order valence-electron chi connectivity index (χ1n) is 9.01. The number of ether oxygens (including phenoxy) is 1. The van der Waals surface area contributed by atoms with Crippen LogP contribution in [-0.2, 0) is 9.53 Å². The summed E-state index contributed by atoms with van der Waals surface area (Å²) < 4.78 is 5.42. The first kappa shape index (κ1) is 16.9. The van der Waals surface area contributed by atoms with Crippen molar-refractivity contribution in [3.63, 3.8) is 0 Å². The smallest absolute Gasteiger partial charge is 0.278 e. The molecule has 0 N–H and O–H groups in total. The second-order valence-corrected chi connectivity index (χ2v) is 6.87. The Morgan fingerprint density at radius 2 is 1.85 bits per heavy atom. The van der Waals surface area contributed by atoms with Gasteiger partial charge in [-0.2, -0.15) is 0 Å². The maximum absolute atomic E-state index is 13.2. The van der Waals surface area contributed by atoms with E-state index in [9.17, 15) is 4.79 Å². The number of rotatable bonds is 3. The molecule has 0 atom stereocenters. The minimum atomic E-state index is -0.0275. The second kappa shape index (κ2) is 7.02. The summed E-state index contributed by atoms with van der Waals surface area (Å²) in [5.74, 6) is -0.0275. The van der Waals surface area contributed by atoms with E-state index in [0.717, 1.165) is 41.2 Å². The molecule has 26 heavy (non-hydrogen) atoms. The monoisotopic (exact) mass is 349 g/mol. The lowest BCUT2D eigenvalue weighted by Crippen LogP contribution is -2.45. The van der Waals surface area contributed by atoms with Crippen LogP contribution in [0.25, 0.3) is 0 Å². The van der Waals surface area contributed by atoms with Gasteiger partial charge in [-0.15, -0.1) is 0 Å². The number of morpholine rings is 1. The van der Waals surface area contributed by atoms with Crippen LogP contribution in [-0.4, -0.2) is 49.5 Å². The van der Waals surface area contributed by atoms with Gasteiger partial charge in [0.2, 0.25) is 0 Å². The summed E-state index contributed by atoms with van der Waals surface area (Å²) in [6.45, 7) is 7.75. The lowest BCUT2D eigenvalue weighted by molar-refractivity contribution is -0.112. The number of fused-ring (bicyclic) bond motifs is 1. The largest absolute Gasteiger partial charge is 0.379 e. The lowest BCUT2D eigenvalue weighted by atomic mass is 10.1. The highest BCUT2D eigenvalue weighted by molar-refractivity contribution is 6.54. The summed E-state index contributed by atoms with van der Waals surface area (Å²) in [6, 6.07) is 14.0. The highest BCUT2D eigenvalue weighted by Gasteiger charge is 2.35. The average Bonchev–Trinajstić information content (AvgIpc) is 2.89. The number of aliphatic imine (C=N–C) groups is 1. The van der Waals surface area contributed by atoms with Crippen LogP contribution in [0.15, 0.2) is 47.5 Å². The van der Waals surface area contributed by atoms with Crippen molar-refractivity contribution in [2.45, 2.75) is 13.8 Å². The van der Waals surface area contributed by atoms with Gasteiger partial charge in [0.1, 0.15) is 5.71 Å². The molecule has 1 saturated heterocycles. The zero-order valence-electron chi connectivity index (χ0n) is 15.2. The number of carbonyl (C=O) groups excluding carboxylic acids is 1. The molecule has 0 unspecified atom stereocenters. The van der Waals surface area contributed by atoms with Crippen LogP contribution >= 0.6 is 0 Å². The maximum Gasteiger partial charge on any atom is 0.278 e. The Labute approximate surface area is 153 Å². The molecule has 0 radical (unpaired) electrons. The van der Waals surface area contributed by atoms with Gasteiger partial charge >= 0.3 is 0 Å². The van der Waals surface area contributed by atoms with Gasteiger partial charge in [0.25, 0.3) is 5.91 Å². The number of hydrogen-bond acceptors (Lipinski definition) is 4. The van der Waals surface area contributed by atoms with Gasteiger partial charge in [0.15, 0.2) is 0 Å². The minimum Gasteiger partial charge on any atom is -0.379 e. The van der Waals surface area contributed by atoms with Crippen molar-refractivity contribution in [1.82, 2.24) is 4.90 Å². The van der Waals surface area contributed by atoms with Crippen LogP contribution in [0, 0.1) is 13.8 Å². The van der Waals surface area contributed by atoms with Crippen LogP contribution in [0.3, 0.4) is 0 Å². The van der Waals surface area contributed by atoms with E-state index in [0.29, 0.717) is 25.6 Å². The third-order valence-electron chi connectivity index (χ3n) is 4.94. The Morgan fingerprint density at radius 1 is 1.08 bits per heavy atom. The molecule has 2 aliphatic heterocycles. The van der Waals surface area contributed by atoms with E-state index < -0.39 is 0 Å². The molecule has 5 nitrogen and oxygen atoms in total. The van der Waals surface area contributed by atoms with Gasteiger partial charge in [-0.3, -0.25) is 14.6 Å². The van der Waals surface area contributed by atoms with Gasteiger partial charge in [-0.05, 0) is 37.6 Å². The van der Waals surface area contributed by atoms with E-state index >= 15 is 0 Å². The standard InChI is InChI=1S/C21H23N3O2/c1-15-7-8-19-17(13-15)20(22-18-6-4-3-5-16(18)2)21(25)24(19)14-23-9-11-26-12-10-23/h3-8,13H,9-12,14H2,1-2H3. The van der Waals surface area contributed by atoms with Crippen molar-refractivity contribution in [3.8, 4) is 0 Å². The number of amides is 1. The Kier molecular flexibility index (Phi) is 4.57. The van der Waals surface area contributed by atoms with E-state index in [1.165, 1.54) is 0 Å². The van der Waals surface area contributed by atoms with Crippen molar-refractivity contribution in [2.75, 3.05) is 37.9 Å². The van der Waals surface area contributed by atoms with Crippen molar-refractivity contribution >= 4 is 23.0 Å². The van der Waals surface area contributed by atoms with Crippen molar-refractivity contribution in [1.29, 1.82) is 0 Å². The van der Waals surface area contributed by atoms with E-state index in [-0.39, 0.29) is 5.91 Å². The van der Waals surface area contributed by atoms with Gasteiger partial charge in [-0.25, -0.2) is 4.99 Å². The summed E-state index contributed by atoms with van der Waals surface area (Å²) in [7, 11) is 0. The quantitative estimate of drug-likeness (QED) is 0.855. The third-order valence-corrected chi connectivity index (χ3v) is 4.94. The lowest BCUT2D eigenvalue weighted by Gasteiger charge is -2.30. The molecule has 5 heteroatoms. The Balaban J connectivity index is 1.73. The zero-order valence-corrected chi connectivity index (χ0v) is 15.2. The highest BCUT2D eigenvalue weighted by atomic mass is 16.5. The van der Waals surface area contributed by atoms with Gasteiger partial charge < -0.3 is 4.74 Å². The fourth-order valence-corrected chi connectivity index (χ4v) is 3.43. The molecule has 0 aromatic heterocycles. The fourth-order valence-electron chi connectivity index (χ4n) is 3.43. The summed E-state index contributed by atoms with van der Waals surface area (Å²) in [4.78, 5) is 22.0. The molecule has 0 aliphatic carbocycles. The Morgan fingerprint density at radius 3 is 2.62 bits per heavy atom. The molecule has 0 bridgehead atoms. The second-order valence-electron chi connectivity index (χ2n) is 6.87. The molecule has 2 heterocycles. The third kappa shape index (κ3) is 3.16. The van der Waals surface area contributed by atoms with Crippen LogP contribution in [0.4, 0.5) is 11.4 Å².